The Balaban J connectivity index is 1.63. The number of nitrogens with one attached hydrogen (secondary N) is 1. The molecule has 4 rings (SSSR count). The van der Waals surface area contributed by atoms with Crippen molar-refractivity contribution >= 4 is 17.5 Å². The van der Waals surface area contributed by atoms with Crippen molar-refractivity contribution in [2.24, 2.45) is 0 Å². The summed E-state index contributed by atoms with van der Waals surface area (Å²) < 4.78 is 5.75. The van der Waals surface area contributed by atoms with Crippen LogP contribution in [0, 0.1) is 0 Å². The van der Waals surface area contributed by atoms with Gasteiger partial charge in [0.25, 0.3) is 0 Å². The molecule has 0 bridgehead atoms. The molecule has 1 atom stereocenters. The van der Waals surface area contributed by atoms with Crippen LogP contribution in [0.15, 0.2) is 42.5 Å². The molecule has 0 aromatic heterocycles. The molecule has 130 valence electrons. The van der Waals surface area contributed by atoms with E-state index in [-0.39, 0.29) is 5.92 Å². The van der Waals surface area contributed by atoms with Gasteiger partial charge in [-0.05, 0) is 54.7 Å². The van der Waals surface area contributed by atoms with Crippen LogP contribution in [-0.2, 0) is 6.42 Å². The third-order valence-corrected chi connectivity index (χ3v) is 5.10. The van der Waals surface area contributed by atoms with Gasteiger partial charge in [0.15, 0.2) is 0 Å². The highest BCUT2D eigenvalue weighted by Crippen LogP contribution is 2.39. The number of hydrogen-bond acceptors (Lipinski definition) is 3. The molecule has 1 amide bonds. The Hall–Kier alpha value is -2.69. The van der Waals surface area contributed by atoms with Gasteiger partial charge in [-0.1, -0.05) is 18.2 Å². The molecule has 25 heavy (non-hydrogen) atoms. The second-order valence-electron chi connectivity index (χ2n) is 6.63. The summed E-state index contributed by atoms with van der Waals surface area (Å²) in [5, 5.41) is 11.4. The number of hydrogen-bond donors (Lipinski definition) is 2. The summed E-state index contributed by atoms with van der Waals surface area (Å²) in [6.45, 7) is 2.00. The van der Waals surface area contributed by atoms with Crippen molar-refractivity contribution in [3.05, 3.63) is 53.6 Å². The summed E-state index contributed by atoms with van der Waals surface area (Å²) in [7, 11) is 0. The lowest BCUT2D eigenvalue weighted by Gasteiger charge is -2.33. The molecule has 5 nitrogen and oxygen atoms in total. The molecule has 0 unspecified atom stereocenters. The minimum absolute atomic E-state index is 0.269. The number of nitrogens with zero attached hydrogens (tertiary/aromatic N) is 1. The second kappa shape index (κ2) is 6.67. The normalized spacial score (nSPS) is 18.7. The average molecular weight is 338 g/mol. The molecule has 2 aromatic carbocycles. The van der Waals surface area contributed by atoms with E-state index in [1.807, 2.05) is 18.2 Å². The van der Waals surface area contributed by atoms with Crippen LogP contribution in [0.5, 0.6) is 5.75 Å². The summed E-state index contributed by atoms with van der Waals surface area (Å²) >= 11 is 0. The summed E-state index contributed by atoms with van der Waals surface area (Å²) in [5.74, 6) is 1.20. The van der Waals surface area contributed by atoms with Gasteiger partial charge >= 0.3 is 6.09 Å². The molecule has 0 spiro atoms. The van der Waals surface area contributed by atoms with Crippen molar-refractivity contribution in [2.75, 3.05) is 24.6 Å². The van der Waals surface area contributed by atoms with E-state index >= 15 is 0 Å². The van der Waals surface area contributed by atoms with E-state index in [0.717, 1.165) is 37.2 Å². The molecule has 0 saturated heterocycles. The average Bonchev–Trinajstić information content (AvgIpc) is 2.65. The van der Waals surface area contributed by atoms with Crippen LogP contribution in [0.4, 0.5) is 16.2 Å². The van der Waals surface area contributed by atoms with Gasteiger partial charge in [0, 0.05) is 18.2 Å². The van der Waals surface area contributed by atoms with Crippen molar-refractivity contribution in [1.82, 2.24) is 5.32 Å². The Morgan fingerprint density at radius 1 is 1.28 bits per heavy atom. The number of fused-ring (bicyclic) bond motifs is 2. The molecule has 0 saturated carbocycles. The molecular formula is C20H22N2O3. The number of rotatable bonds is 3. The highest BCUT2D eigenvalue weighted by atomic mass is 16.5. The summed E-state index contributed by atoms with van der Waals surface area (Å²) in [6.07, 6.45) is 2.24. The second-order valence-corrected chi connectivity index (χ2v) is 6.63. The topological polar surface area (TPSA) is 61.8 Å². The van der Waals surface area contributed by atoms with Crippen molar-refractivity contribution in [1.29, 1.82) is 0 Å². The van der Waals surface area contributed by atoms with Crippen LogP contribution in [-0.4, -0.2) is 30.9 Å². The van der Waals surface area contributed by atoms with E-state index in [2.05, 4.69) is 34.5 Å². The number of para-hydroxylation sites is 2. The van der Waals surface area contributed by atoms with Gasteiger partial charge in [-0.25, -0.2) is 4.79 Å². The van der Waals surface area contributed by atoms with Gasteiger partial charge in [0.2, 0.25) is 0 Å². The lowest BCUT2D eigenvalue weighted by atomic mass is 9.82. The summed E-state index contributed by atoms with van der Waals surface area (Å²) in [6, 6.07) is 14.7. The van der Waals surface area contributed by atoms with Gasteiger partial charge in [-0.15, -0.1) is 0 Å². The SMILES string of the molecule is O=C(O)NC[C@@H]1CCCc2cc(N3CCOc4ccccc43)ccc21. The van der Waals surface area contributed by atoms with E-state index in [1.165, 1.54) is 16.8 Å². The van der Waals surface area contributed by atoms with Crippen LogP contribution < -0.4 is 15.0 Å². The van der Waals surface area contributed by atoms with E-state index in [4.69, 9.17) is 9.84 Å². The van der Waals surface area contributed by atoms with Gasteiger partial charge < -0.3 is 20.1 Å². The van der Waals surface area contributed by atoms with Crippen molar-refractivity contribution in [3.8, 4) is 5.75 Å². The molecular weight excluding hydrogens is 316 g/mol. The number of amides is 1. The van der Waals surface area contributed by atoms with Crippen LogP contribution in [0.2, 0.25) is 0 Å². The fourth-order valence-electron chi connectivity index (χ4n) is 3.93. The first kappa shape index (κ1) is 15.8. The lowest BCUT2D eigenvalue weighted by molar-refractivity contribution is 0.193. The number of carboxylic acid groups (broad SMARTS) is 1. The van der Waals surface area contributed by atoms with E-state index in [0.29, 0.717) is 13.2 Å². The number of carbonyl (C=O) groups is 1. The standard InChI is InChI=1S/C20H22N2O3/c23-20(24)21-13-15-5-3-4-14-12-16(8-9-17(14)15)22-10-11-25-19-7-2-1-6-18(19)22/h1-2,6-9,12,15,21H,3-5,10-11,13H2,(H,23,24)/t15-/m0/s1. The first-order valence-corrected chi connectivity index (χ1v) is 8.81. The summed E-state index contributed by atoms with van der Waals surface area (Å²) in [4.78, 5) is 13.1. The first-order chi connectivity index (χ1) is 12.2. The summed E-state index contributed by atoms with van der Waals surface area (Å²) in [5.41, 5.74) is 4.91. The van der Waals surface area contributed by atoms with Crippen molar-refractivity contribution in [3.63, 3.8) is 0 Å². The Morgan fingerprint density at radius 2 is 2.16 bits per heavy atom. The fourth-order valence-corrected chi connectivity index (χ4v) is 3.93. The van der Waals surface area contributed by atoms with Gasteiger partial charge in [0.1, 0.15) is 12.4 Å². The molecule has 1 heterocycles. The molecule has 0 radical (unpaired) electrons. The van der Waals surface area contributed by atoms with Gasteiger partial charge in [-0.2, -0.15) is 0 Å². The zero-order chi connectivity index (χ0) is 17.2. The Bertz CT molecular complexity index is 790. The Kier molecular flexibility index (Phi) is 4.22. The molecule has 0 fully saturated rings. The first-order valence-electron chi connectivity index (χ1n) is 8.81. The third kappa shape index (κ3) is 3.14. The molecule has 5 heteroatoms. The van der Waals surface area contributed by atoms with Crippen LogP contribution >= 0.6 is 0 Å². The van der Waals surface area contributed by atoms with Crippen molar-refractivity contribution < 1.29 is 14.6 Å². The largest absolute Gasteiger partial charge is 0.490 e. The number of aryl methyl sites for hydroxylation is 1. The Labute approximate surface area is 147 Å². The lowest BCUT2D eigenvalue weighted by Crippen LogP contribution is -2.30. The van der Waals surface area contributed by atoms with Crippen LogP contribution in [0.3, 0.4) is 0 Å². The Morgan fingerprint density at radius 3 is 3.04 bits per heavy atom. The predicted molar refractivity (Wildman–Crippen MR) is 97.1 cm³/mol. The smallest absolute Gasteiger partial charge is 0.404 e. The van der Waals surface area contributed by atoms with Crippen LogP contribution in [0.25, 0.3) is 0 Å². The quantitative estimate of drug-likeness (QED) is 0.891. The maximum Gasteiger partial charge on any atom is 0.404 e. The molecule has 1 aliphatic heterocycles. The number of ether oxygens (including phenoxy) is 1. The van der Waals surface area contributed by atoms with Crippen molar-refractivity contribution in [2.45, 2.75) is 25.2 Å². The third-order valence-electron chi connectivity index (χ3n) is 5.10. The van der Waals surface area contributed by atoms with Crippen LogP contribution in [0.1, 0.15) is 29.9 Å². The van der Waals surface area contributed by atoms with E-state index in [1.54, 1.807) is 0 Å². The maximum absolute atomic E-state index is 10.8. The van der Waals surface area contributed by atoms with E-state index < -0.39 is 6.09 Å². The molecule has 2 aliphatic rings. The van der Waals surface area contributed by atoms with E-state index in [9.17, 15) is 4.79 Å². The highest BCUT2D eigenvalue weighted by Gasteiger charge is 2.24. The van der Waals surface area contributed by atoms with Gasteiger partial charge in [0.05, 0.1) is 12.2 Å². The molecule has 1 aliphatic carbocycles. The molecule has 2 N–H and O–H groups in total. The fraction of sp³-hybridized carbons (Fsp3) is 0.350. The zero-order valence-corrected chi connectivity index (χ0v) is 14.1. The monoisotopic (exact) mass is 338 g/mol. The predicted octanol–water partition coefficient (Wildman–Crippen LogP) is 3.90. The highest BCUT2D eigenvalue weighted by molar-refractivity contribution is 5.71. The number of benzene rings is 2. The minimum atomic E-state index is -0.950. The van der Waals surface area contributed by atoms with Gasteiger partial charge in [-0.3, -0.25) is 0 Å². The molecule has 2 aromatic rings. The maximum atomic E-state index is 10.8. The zero-order valence-electron chi connectivity index (χ0n) is 14.1. The number of anilines is 2. The minimum Gasteiger partial charge on any atom is -0.490 e.